The third kappa shape index (κ3) is 2.56. The number of rotatable bonds is 3. The van der Waals surface area contributed by atoms with Crippen LogP contribution in [0.25, 0.3) is 0 Å². The van der Waals surface area contributed by atoms with Gasteiger partial charge in [0.25, 0.3) is 11.8 Å². The topological polar surface area (TPSA) is 102 Å². The van der Waals surface area contributed by atoms with E-state index < -0.39 is 48.1 Å². The lowest BCUT2D eigenvalue weighted by molar-refractivity contribution is -0.143. The zero-order valence-corrected chi connectivity index (χ0v) is 15.8. The number of nitrogens with one attached hydrogen (secondary N) is 1. The number of hydrogen-bond donors (Lipinski definition) is 3. The van der Waals surface area contributed by atoms with E-state index in [0.29, 0.717) is 31.7 Å². The molecule has 0 spiro atoms. The molecule has 0 bridgehead atoms. The molecule has 4 heterocycles. The van der Waals surface area contributed by atoms with Gasteiger partial charge in [0.15, 0.2) is 12.0 Å². The molecular formula is C20H19F2N3O5. The summed E-state index contributed by atoms with van der Waals surface area (Å²) in [6.45, 7) is 0.333. The van der Waals surface area contributed by atoms with E-state index in [1.54, 1.807) is 4.90 Å². The minimum Gasteiger partial charge on any atom is -0.507 e. The maximum atomic E-state index is 13.9. The SMILES string of the molecule is O=C(NCc1c(F)cccc1F)C1=C2CCC3C4OCCN4C(=O)C(=C(O)C1O)N23. The summed E-state index contributed by atoms with van der Waals surface area (Å²) in [6.07, 6.45) is -1.25. The maximum absolute atomic E-state index is 13.9. The molecule has 1 aromatic rings. The number of aliphatic hydroxyl groups is 2. The number of carbonyl (C=O) groups is 2. The van der Waals surface area contributed by atoms with E-state index in [2.05, 4.69) is 5.32 Å². The van der Waals surface area contributed by atoms with Crippen LogP contribution in [-0.4, -0.2) is 63.4 Å². The van der Waals surface area contributed by atoms with Gasteiger partial charge in [0.2, 0.25) is 0 Å². The van der Waals surface area contributed by atoms with Crippen LogP contribution in [0.2, 0.25) is 0 Å². The van der Waals surface area contributed by atoms with Crippen LogP contribution in [0.15, 0.2) is 40.9 Å². The molecule has 4 aliphatic heterocycles. The molecule has 3 unspecified atom stereocenters. The lowest BCUT2D eigenvalue weighted by atomic mass is 9.96. The molecule has 1 aromatic carbocycles. The Hall–Kier alpha value is -2.98. The number of benzene rings is 1. The molecule has 4 aliphatic rings. The van der Waals surface area contributed by atoms with Crippen molar-refractivity contribution in [3.8, 4) is 0 Å². The highest BCUT2D eigenvalue weighted by Gasteiger charge is 2.55. The molecule has 158 valence electrons. The van der Waals surface area contributed by atoms with Gasteiger partial charge in [-0.15, -0.1) is 0 Å². The van der Waals surface area contributed by atoms with Crippen LogP contribution in [0.5, 0.6) is 0 Å². The zero-order chi connectivity index (χ0) is 21.2. The van der Waals surface area contributed by atoms with Crippen LogP contribution in [0.1, 0.15) is 18.4 Å². The normalized spacial score (nSPS) is 27.6. The van der Waals surface area contributed by atoms with Gasteiger partial charge in [-0.2, -0.15) is 0 Å². The molecule has 3 N–H and O–H groups in total. The van der Waals surface area contributed by atoms with Gasteiger partial charge in [0.1, 0.15) is 23.4 Å². The summed E-state index contributed by atoms with van der Waals surface area (Å²) in [4.78, 5) is 28.8. The molecule has 3 atom stereocenters. The van der Waals surface area contributed by atoms with E-state index in [-0.39, 0.29) is 22.9 Å². The first kappa shape index (κ1) is 19.0. The second-order valence-corrected chi connectivity index (χ2v) is 7.62. The Morgan fingerprint density at radius 3 is 2.77 bits per heavy atom. The van der Waals surface area contributed by atoms with Crippen LogP contribution in [0, 0.1) is 11.6 Å². The molecule has 0 aromatic heterocycles. The van der Waals surface area contributed by atoms with Gasteiger partial charge in [-0.25, -0.2) is 8.78 Å². The summed E-state index contributed by atoms with van der Waals surface area (Å²) in [5.74, 6) is -3.44. The lowest BCUT2D eigenvalue weighted by Crippen LogP contribution is -2.58. The first-order chi connectivity index (χ1) is 14.4. The van der Waals surface area contributed by atoms with Gasteiger partial charge in [0.05, 0.1) is 18.2 Å². The smallest absolute Gasteiger partial charge is 0.276 e. The molecule has 0 aliphatic carbocycles. The Labute approximate surface area is 170 Å². The second-order valence-electron chi connectivity index (χ2n) is 7.62. The molecule has 8 nitrogen and oxygen atoms in total. The van der Waals surface area contributed by atoms with E-state index in [1.807, 2.05) is 0 Å². The summed E-state index contributed by atoms with van der Waals surface area (Å²) in [5, 5.41) is 23.6. The highest BCUT2D eigenvalue weighted by molar-refractivity contribution is 6.00. The molecule has 3 saturated heterocycles. The molecule has 3 fully saturated rings. The molecular weight excluding hydrogens is 400 g/mol. The van der Waals surface area contributed by atoms with Crippen molar-refractivity contribution in [3.63, 3.8) is 0 Å². The van der Waals surface area contributed by atoms with E-state index in [9.17, 15) is 28.6 Å². The van der Waals surface area contributed by atoms with Crippen molar-refractivity contribution in [2.45, 2.75) is 37.8 Å². The number of allylic oxidation sites excluding steroid dienone is 1. The van der Waals surface area contributed by atoms with Crippen molar-refractivity contribution in [2.75, 3.05) is 13.2 Å². The number of ether oxygens (including phenoxy) is 1. The third-order valence-corrected chi connectivity index (χ3v) is 6.08. The maximum Gasteiger partial charge on any atom is 0.276 e. The number of piperazine rings is 1. The van der Waals surface area contributed by atoms with Crippen molar-refractivity contribution in [1.82, 2.24) is 15.1 Å². The van der Waals surface area contributed by atoms with Gasteiger partial charge in [-0.05, 0) is 25.0 Å². The molecule has 0 radical (unpaired) electrons. The van der Waals surface area contributed by atoms with E-state index in [1.165, 1.54) is 11.0 Å². The average molecular weight is 419 g/mol. The Bertz CT molecular complexity index is 1000. The molecule has 5 rings (SSSR count). The van der Waals surface area contributed by atoms with Crippen LogP contribution < -0.4 is 5.32 Å². The number of hydrogen-bond acceptors (Lipinski definition) is 6. The fourth-order valence-corrected chi connectivity index (χ4v) is 4.71. The number of carbonyl (C=O) groups excluding carboxylic acids is 2. The van der Waals surface area contributed by atoms with E-state index in [4.69, 9.17) is 4.74 Å². The Kier molecular flexibility index (Phi) is 4.30. The fraction of sp³-hybridized carbons (Fsp3) is 0.400. The Morgan fingerprint density at radius 1 is 1.30 bits per heavy atom. The van der Waals surface area contributed by atoms with Gasteiger partial charge in [-0.1, -0.05) is 6.07 Å². The number of amides is 2. The number of halogens is 2. The minimum absolute atomic E-state index is 0.0431. The van der Waals surface area contributed by atoms with Crippen LogP contribution in [-0.2, 0) is 20.9 Å². The van der Waals surface area contributed by atoms with E-state index in [0.717, 1.165) is 12.1 Å². The highest BCUT2D eigenvalue weighted by Crippen LogP contribution is 2.46. The van der Waals surface area contributed by atoms with Crippen LogP contribution in [0.3, 0.4) is 0 Å². The minimum atomic E-state index is -1.71. The van der Waals surface area contributed by atoms with Gasteiger partial charge in [-0.3, -0.25) is 9.59 Å². The third-order valence-electron chi connectivity index (χ3n) is 6.08. The molecule has 0 saturated carbocycles. The quantitative estimate of drug-likeness (QED) is 0.665. The van der Waals surface area contributed by atoms with E-state index >= 15 is 0 Å². The predicted octanol–water partition coefficient (Wildman–Crippen LogP) is 0.642. The zero-order valence-electron chi connectivity index (χ0n) is 15.8. The summed E-state index contributed by atoms with van der Waals surface area (Å²) in [6, 6.07) is 3.10. The van der Waals surface area contributed by atoms with Crippen molar-refractivity contribution in [1.29, 1.82) is 0 Å². The first-order valence-corrected chi connectivity index (χ1v) is 9.67. The first-order valence-electron chi connectivity index (χ1n) is 9.67. The standard InChI is InChI=1S/C20H19F2N3O5/c21-10-2-1-3-11(22)9(10)8-23-18(28)14-12-4-5-13-20-24(6-7-30-20)19(29)15(25(12)13)17(27)16(14)26/h1-3,13,16,20,26-27H,4-8H2,(H,23,28). The number of aliphatic hydroxyl groups excluding tert-OH is 2. The Morgan fingerprint density at radius 2 is 2.03 bits per heavy atom. The van der Waals surface area contributed by atoms with Gasteiger partial charge >= 0.3 is 0 Å². The summed E-state index contributed by atoms with van der Waals surface area (Å²) < 4.78 is 33.4. The average Bonchev–Trinajstić information content (AvgIpc) is 3.35. The van der Waals surface area contributed by atoms with Crippen LogP contribution >= 0.6 is 0 Å². The largest absolute Gasteiger partial charge is 0.507 e. The summed E-state index contributed by atoms with van der Waals surface area (Å²) in [5.41, 5.74) is -0.0712. The molecule has 30 heavy (non-hydrogen) atoms. The summed E-state index contributed by atoms with van der Waals surface area (Å²) >= 11 is 0. The second kappa shape index (κ2) is 6.78. The Balaban J connectivity index is 1.47. The van der Waals surface area contributed by atoms with Crippen molar-refractivity contribution < 1.29 is 33.3 Å². The predicted molar refractivity (Wildman–Crippen MR) is 97.2 cm³/mol. The van der Waals surface area contributed by atoms with Crippen molar-refractivity contribution >= 4 is 11.8 Å². The van der Waals surface area contributed by atoms with Crippen molar-refractivity contribution in [3.05, 3.63) is 58.1 Å². The summed E-state index contributed by atoms with van der Waals surface area (Å²) in [7, 11) is 0. The number of fused-ring (bicyclic) bond motifs is 2. The van der Waals surface area contributed by atoms with Gasteiger partial charge < -0.3 is 30.1 Å². The highest BCUT2D eigenvalue weighted by atomic mass is 19.1. The number of nitrogens with zero attached hydrogens (tertiary/aromatic N) is 2. The monoisotopic (exact) mass is 419 g/mol. The fourth-order valence-electron chi connectivity index (χ4n) is 4.71. The molecule has 10 heteroatoms. The lowest BCUT2D eigenvalue weighted by Gasteiger charge is -2.44. The van der Waals surface area contributed by atoms with Crippen LogP contribution in [0.4, 0.5) is 8.78 Å². The molecule has 2 amide bonds. The van der Waals surface area contributed by atoms with Crippen molar-refractivity contribution in [2.24, 2.45) is 0 Å². The van der Waals surface area contributed by atoms with Gasteiger partial charge in [0, 0.05) is 24.4 Å².